The summed E-state index contributed by atoms with van der Waals surface area (Å²) in [5.41, 5.74) is 2.57. The Morgan fingerprint density at radius 3 is 2.57 bits per heavy atom. The second-order valence-electron chi connectivity index (χ2n) is 8.75. The van der Waals surface area contributed by atoms with Crippen LogP contribution in [0.3, 0.4) is 0 Å². The molecule has 4 heterocycles. The lowest BCUT2D eigenvalue weighted by molar-refractivity contribution is -0.114. The van der Waals surface area contributed by atoms with E-state index < -0.39 is 11.7 Å². The Morgan fingerprint density at radius 1 is 1.14 bits per heavy atom. The molecule has 1 amide bonds. The number of hydrogen-bond acceptors (Lipinski definition) is 9. The summed E-state index contributed by atoms with van der Waals surface area (Å²) in [6.07, 6.45) is 1.61. The zero-order chi connectivity index (χ0) is 25.2. The summed E-state index contributed by atoms with van der Waals surface area (Å²) in [5.74, 6) is -3.49. The highest BCUT2D eigenvalue weighted by atomic mass is 32.1. The summed E-state index contributed by atoms with van der Waals surface area (Å²) in [7, 11) is 2.12. The molecule has 3 aromatic heterocycles. The molecule has 12 heteroatoms. The van der Waals surface area contributed by atoms with Crippen molar-refractivity contribution in [3.63, 3.8) is 0 Å². The van der Waals surface area contributed by atoms with Crippen molar-refractivity contribution < 1.29 is 13.6 Å². The quantitative estimate of drug-likeness (QED) is 0.503. The molecule has 0 saturated carbocycles. The molecule has 1 fully saturated rings. The van der Waals surface area contributed by atoms with Gasteiger partial charge in [0.15, 0.2) is 0 Å². The van der Waals surface area contributed by atoms with Gasteiger partial charge < -0.3 is 15.5 Å². The predicted octanol–water partition coefficient (Wildman–Crippen LogP) is 3.86. The number of pyridine rings is 1. The number of amides is 1. The summed E-state index contributed by atoms with van der Waals surface area (Å²) in [4.78, 5) is 33.2. The first-order valence-corrected chi connectivity index (χ1v) is 12.1. The fraction of sp³-hybridized carbons (Fsp3) is 0.435. The average Bonchev–Trinajstić information content (AvgIpc) is 3.22. The molecule has 9 nitrogen and oxygen atoms in total. The Kier molecular flexibility index (Phi) is 7.33. The third kappa shape index (κ3) is 6.53. The van der Waals surface area contributed by atoms with Crippen molar-refractivity contribution in [2.75, 3.05) is 43.9 Å². The Balaban J connectivity index is 1.64. The second-order valence-corrected chi connectivity index (χ2v) is 9.61. The van der Waals surface area contributed by atoms with Gasteiger partial charge in [-0.3, -0.25) is 9.69 Å². The van der Waals surface area contributed by atoms with E-state index >= 15 is 0 Å². The predicted molar refractivity (Wildman–Crippen MR) is 132 cm³/mol. The summed E-state index contributed by atoms with van der Waals surface area (Å²) >= 11 is 1.48. The normalized spacial score (nSPS) is 15.3. The molecule has 1 saturated heterocycles. The fourth-order valence-electron chi connectivity index (χ4n) is 3.68. The number of alkyl halides is 2. The van der Waals surface area contributed by atoms with E-state index in [1.165, 1.54) is 18.3 Å². The van der Waals surface area contributed by atoms with Gasteiger partial charge in [-0.25, -0.2) is 19.9 Å². The minimum atomic E-state index is -3.18. The molecule has 1 aliphatic rings. The molecule has 0 unspecified atom stereocenters. The van der Waals surface area contributed by atoms with E-state index in [9.17, 15) is 13.6 Å². The number of likely N-dealkylation sites (N-methyl/N-ethyl adjacent to an activating group) is 1. The van der Waals surface area contributed by atoms with Gasteiger partial charge in [-0.15, -0.1) is 11.3 Å². The highest BCUT2D eigenvalue weighted by Gasteiger charge is 2.29. The van der Waals surface area contributed by atoms with Crippen LogP contribution in [0, 0.1) is 6.92 Å². The number of aromatic nitrogens is 4. The van der Waals surface area contributed by atoms with Crippen LogP contribution in [0.2, 0.25) is 0 Å². The van der Waals surface area contributed by atoms with E-state index in [-0.39, 0.29) is 11.7 Å². The third-order valence-corrected chi connectivity index (χ3v) is 6.41. The minimum Gasteiger partial charge on any atom is -0.339 e. The Labute approximate surface area is 206 Å². The Hall–Kier alpha value is -3.09. The van der Waals surface area contributed by atoms with Crippen LogP contribution < -0.4 is 10.6 Å². The number of aryl methyl sites for hydroxylation is 1. The number of hydrogen-bond donors (Lipinski definition) is 2. The zero-order valence-corrected chi connectivity index (χ0v) is 20.9. The van der Waals surface area contributed by atoms with Crippen LogP contribution >= 0.6 is 11.3 Å². The van der Waals surface area contributed by atoms with Gasteiger partial charge in [-0.05, 0) is 14.0 Å². The lowest BCUT2D eigenvalue weighted by Crippen LogP contribution is -2.43. The summed E-state index contributed by atoms with van der Waals surface area (Å²) in [5, 5.41) is 8.50. The van der Waals surface area contributed by atoms with Gasteiger partial charge in [-0.1, -0.05) is 0 Å². The molecular weight excluding hydrogens is 474 g/mol. The van der Waals surface area contributed by atoms with Gasteiger partial charge in [0.2, 0.25) is 11.7 Å². The standard InChI is InChI=1S/C23H28F2N8OS/c1-14-9-20(31-22(27-14)23(3,24)25)30-18-10-19(28-15(2)34)26-11-17(18)21-29-16(13-35-21)12-33-7-5-32(4)6-8-33/h9-11,13H,5-8,12H2,1-4H3,(H2,26,27,28,30,31,34). The maximum absolute atomic E-state index is 13.9. The van der Waals surface area contributed by atoms with Crippen molar-refractivity contribution in [2.45, 2.75) is 33.2 Å². The number of piperazine rings is 1. The molecule has 1 aliphatic heterocycles. The van der Waals surface area contributed by atoms with Gasteiger partial charge in [0.1, 0.15) is 16.6 Å². The van der Waals surface area contributed by atoms with E-state index in [0.717, 1.165) is 50.3 Å². The number of carbonyl (C=O) groups excluding carboxylic acids is 1. The maximum atomic E-state index is 13.9. The maximum Gasteiger partial charge on any atom is 0.303 e. The zero-order valence-electron chi connectivity index (χ0n) is 20.1. The molecule has 2 N–H and O–H groups in total. The molecule has 0 aromatic carbocycles. The average molecular weight is 503 g/mol. The number of nitrogens with zero attached hydrogens (tertiary/aromatic N) is 6. The molecule has 0 bridgehead atoms. The number of anilines is 3. The number of halogens is 2. The van der Waals surface area contributed by atoms with Crippen molar-refractivity contribution >= 4 is 34.6 Å². The van der Waals surface area contributed by atoms with E-state index in [1.54, 1.807) is 25.3 Å². The Bertz CT molecular complexity index is 1200. The molecule has 4 rings (SSSR count). The molecule has 0 radical (unpaired) electrons. The highest BCUT2D eigenvalue weighted by molar-refractivity contribution is 7.13. The highest BCUT2D eigenvalue weighted by Crippen LogP contribution is 2.34. The number of thiazole rings is 1. The number of rotatable bonds is 7. The first-order chi connectivity index (χ1) is 16.6. The summed E-state index contributed by atoms with van der Waals surface area (Å²) < 4.78 is 27.8. The van der Waals surface area contributed by atoms with Crippen molar-refractivity contribution in [1.29, 1.82) is 0 Å². The monoisotopic (exact) mass is 502 g/mol. The van der Waals surface area contributed by atoms with E-state index in [0.29, 0.717) is 22.8 Å². The second kappa shape index (κ2) is 10.3. The SMILES string of the molecule is CC(=O)Nc1cc(Nc2cc(C)nc(C(C)(F)F)n2)c(-c2nc(CN3CCN(C)CC3)cs2)cn1. The molecular formula is C23H28F2N8OS. The molecule has 186 valence electrons. The fourth-order valence-corrected chi connectivity index (χ4v) is 4.52. The number of nitrogens with one attached hydrogen (secondary N) is 2. The van der Waals surface area contributed by atoms with Crippen molar-refractivity contribution in [3.8, 4) is 10.6 Å². The van der Waals surface area contributed by atoms with E-state index in [4.69, 9.17) is 4.98 Å². The molecule has 35 heavy (non-hydrogen) atoms. The van der Waals surface area contributed by atoms with Crippen LogP contribution in [0.25, 0.3) is 10.6 Å². The minimum absolute atomic E-state index is 0.212. The van der Waals surface area contributed by atoms with Gasteiger partial charge >= 0.3 is 5.92 Å². The van der Waals surface area contributed by atoms with Crippen LogP contribution in [-0.4, -0.2) is 68.9 Å². The van der Waals surface area contributed by atoms with Crippen LogP contribution in [0.5, 0.6) is 0 Å². The van der Waals surface area contributed by atoms with Crippen molar-refractivity contribution in [2.24, 2.45) is 0 Å². The molecule has 0 atom stereocenters. The van der Waals surface area contributed by atoms with E-state index in [2.05, 4.69) is 42.4 Å². The van der Waals surface area contributed by atoms with E-state index in [1.807, 2.05) is 5.38 Å². The van der Waals surface area contributed by atoms with Gasteiger partial charge in [0.25, 0.3) is 0 Å². The number of carbonyl (C=O) groups is 1. The van der Waals surface area contributed by atoms with Gasteiger partial charge in [0, 0.05) is 76.0 Å². The lowest BCUT2D eigenvalue weighted by Gasteiger charge is -2.31. The molecule has 0 aliphatic carbocycles. The van der Waals surface area contributed by atoms with Crippen LogP contribution in [0.15, 0.2) is 23.7 Å². The smallest absolute Gasteiger partial charge is 0.303 e. The van der Waals surface area contributed by atoms with Gasteiger partial charge in [0.05, 0.1) is 16.9 Å². The molecule has 3 aromatic rings. The lowest BCUT2D eigenvalue weighted by atomic mass is 10.2. The van der Waals surface area contributed by atoms with Crippen molar-refractivity contribution in [1.82, 2.24) is 29.7 Å². The Morgan fingerprint density at radius 2 is 1.89 bits per heavy atom. The van der Waals surface area contributed by atoms with Crippen LogP contribution in [0.4, 0.5) is 26.1 Å². The summed E-state index contributed by atoms with van der Waals surface area (Å²) in [6.45, 7) is 8.55. The first kappa shape index (κ1) is 25.0. The summed E-state index contributed by atoms with van der Waals surface area (Å²) in [6, 6.07) is 3.22. The van der Waals surface area contributed by atoms with Crippen LogP contribution in [-0.2, 0) is 17.3 Å². The largest absolute Gasteiger partial charge is 0.339 e. The van der Waals surface area contributed by atoms with Crippen LogP contribution in [0.1, 0.15) is 31.1 Å². The third-order valence-electron chi connectivity index (χ3n) is 5.48. The molecule has 0 spiro atoms. The topological polar surface area (TPSA) is 99.2 Å². The first-order valence-electron chi connectivity index (χ1n) is 11.2. The van der Waals surface area contributed by atoms with Gasteiger partial charge in [-0.2, -0.15) is 8.78 Å². The van der Waals surface area contributed by atoms with Crippen molar-refractivity contribution in [3.05, 3.63) is 40.9 Å².